The van der Waals surface area contributed by atoms with Crippen LogP contribution in [0.5, 0.6) is 5.75 Å². The van der Waals surface area contributed by atoms with Crippen molar-refractivity contribution in [1.82, 2.24) is 10.6 Å². The van der Waals surface area contributed by atoms with E-state index in [9.17, 15) is 14.7 Å². The minimum atomic E-state index is -0.596. The topological polar surface area (TPSA) is 78.4 Å². The van der Waals surface area contributed by atoms with Crippen molar-refractivity contribution in [2.24, 2.45) is 0 Å². The molecule has 88 valence electrons. The van der Waals surface area contributed by atoms with E-state index in [1.807, 2.05) is 0 Å². The second kappa shape index (κ2) is 4.38. The van der Waals surface area contributed by atoms with Gasteiger partial charge in [-0.05, 0) is 34.1 Å². The summed E-state index contributed by atoms with van der Waals surface area (Å²) < 4.78 is 0.404. The summed E-state index contributed by atoms with van der Waals surface area (Å²) in [5, 5.41) is 14.5. The number of hydrogen-bond acceptors (Lipinski definition) is 3. The minimum Gasteiger partial charge on any atom is -0.506 e. The number of imide groups is 1. The molecule has 0 spiro atoms. The molecule has 17 heavy (non-hydrogen) atoms. The summed E-state index contributed by atoms with van der Waals surface area (Å²) in [5.74, 6) is -0.610. The van der Waals surface area contributed by atoms with Gasteiger partial charge in [0.15, 0.2) is 0 Å². The van der Waals surface area contributed by atoms with E-state index in [-0.39, 0.29) is 11.4 Å². The lowest BCUT2D eigenvalue weighted by atomic mass is 10.1. The van der Waals surface area contributed by atoms with Crippen LogP contribution in [0.15, 0.2) is 22.3 Å². The van der Waals surface area contributed by atoms with E-state index in [2.05, 4.69) is 26.6 Å². The van der Waals surface area contributed by atoms with Crippen LogP contribution in [0.2, 0.25) is 5.02 Å². The average molecular weight is 318 g/mol. The molecule has 1 aromatic carbocycles. The second-order valence-corrected chi connectivity index (χ2v) is 4.58. The van der Waals surface area contributed by atoms with Crippen molar-refractivity contribution in [1.29, 1.82) is 0 Å². The fraction of sp³-hybridized carbons (Fsp3) is 0. The van der Waals surface area contributed by atoms with Crippen LogP contribution in [-0.2, 0) is 4.79 Å². The van der Waals surface area contributed by atoms with Gasteiger partial charge < -0.3 is 10.4 Å². The van der Waals surface area contributed by atoms with Gasteiger partial charge in [0.2, 0.25) is 0 Å². The molecule has 1 aromatic rings. The molecule has 2 rings (SSSR count). The van der Waals surface area contributed by atoms with E-state index >= 15 is 0 Å². The number of benzene rings is 1. The summed E-state index contributed by atoms with van der Waals surface area (Å²) in [6, 6.07) is 2.40. The molecule has 1 aliphatic rings. The standard InChI is InChI=1S/C10H6BrClN2O3/c11-6-3-5(12)1-4(8(6)15)2-7-9(16)14-10(17)13-7/h1-3,15H,(H2,13,14,16,17). The van der Waals surface area contributed by atoms with Gasteiger partial charge in [0.05, 0.1) is 4.47 Å². The van der Waals surface area contributed by atoms with Gasteiger partial charge in [-0.1, -0.05) is 11.6 Å². The highest BCUT2D eigenvalue weighted by molar-refractivity contribution is 9.10. The van der Waals surface area contributed by atoms with Crippen LogP contribution in [-0.4, -0.2) is 17.0 Å². The quantitative estimate of drug-likeness (QED) is 0.547. The maximum absolute atomic E-state index is 11.3. The fourth-order valence-corrected chi connectivity index (χ4v) is 2.17. The number of rotatable bonds is 1. The van der Waals surface area contributed by atoms with Crippen molar-refractivity contribution in [3.63, 3.8) is 0 Å². The highest BCUT2D eigenvalue weighted by Crippen LogP contribution is 2.32. The van der Waals surface area contributed by atoms with Crippen molar-refractivity contribution < 1.29 is 14.7 Å². The number of hydrogen-bond donors (Lipinski definition) is 3. The van der Waals surface area contributed by atoms with Gasteiger partial charge >= 0.3 is 6.03 Å². The van der Waals surface area contributed by atoms with Crippen LogP contribution in [0.1, 0.15) is 5.56 Å². The zero-order valence-corrected chi connectivity index (χ0v) is 10.6. The highest BCUT2D eigenvalue weighted by atomic mass is 79.9. The Morgan fingerprint density at radius 2 is 2.00 bits per heavy atom. The molecule has 0 saturated carbocycles. The Kier molecular flexibility index (Phi) is 3.08. The number of nitrogens with one attached hydrogen (secondary N) is 2. The average Bonchev–Trinajstić information content (AvgIpc) is 2.53. The molecule has 0 radical (unpaired) electrons. The van der Waals surface area contributed by atoms with E-state index in [1.54, 1.807) is 0 Å². The highest BCUT2D eigenvalue weighted by Gasteiger charge is 2.23. The number of carbonyl (C=O) groups is 2. The summed E-state index contributed by atoms with van der Waals surface area (Å²) in [5.41, 5.74) is 0.385. The van der Waals surface area contributed by atoms with E-state index in [1.165, 1.54) is 18.2 Å². The lowest BCUT2D eigenvalue weighted by Gasteiger charge is -2.03. The van der Waals surface area contributed by atoms with Gasteiger partial charge in [-0.3, -0.25) is 10.1 Å². The largest absolute Gasteiger partial charge is 0.506 e. The number of aromatic hydroxyl groups is 1. The molecule has 1 aliphatic heterocycles. The third-order valence-corrected chi connectivity index (χ3v) is 2.90. The van der Waals surface area contributed by atoms with Gasteiger partial charge in [0, 0.05) is 10.6 Å². The van der Waals surface area contributed by atoms with E-state index < -0.39 is 11.9 Å². The number of phenols is 1. The first-order valence-corrected chi connectivity index (χ1v) is 5.66. The minimum absolute atomic E-state index is 0.0551. The predicted octanol–water partition coefficient (Wildman–Crippen LogP) is 1.99. The third kappa shape index (κ3) is 2.42. The van der Waals surface area contributed by atoms with E-state index in [0.717, 1.165) is 0 Å². The molecule has 0 atom stereocenters. The molecule has 1 fully saturated rings. The monoisotopic (exact) mass is 316 g/mol. The zero-order valence-electron chi connectivity index (χ0n) is 8.25. The van der Waals surface area contributed by atoms with Gasteiger partial charge in [-0.2, -0.15) is 0 Å². The van der Waals surface area contributed by atoms with Crippen molar-refractivity contribution in [2.45, 2.75) is 0 Å². The van der Waals surface area contributed by atoms with Gasteiger partial charge in [0.1, 0.15) is 11.4 Å². The smallest absolute Gasteiger partial charge is 0.326 e. The third-order valence-electron chi connectivity index (χ3n) is 2.08. The molecule has 0 aromatic heterocycles. The first-order valence-electron chi connectivity index (χ1n) is 4.49. The Hall–Kier alpha value is -1.53. The van der Waals surface area contributed by atoms with E-state index in [0.29, 0.717) is 15.1 Å². The number of phenolic OH excluding ortho intramolecular Hbond substituents is 1. The zero-order chi connectivity index (χ0) is 12.6. The summed E-state index contributed by atoms with van der Waals surface area (Å²) in [6.07, 6.45) is 1.34. The summed E-state index contributed by atoms with van der Waals surface area (Å²) in [4.78, 5) is 22.2. The van der Waals surface area contributed by atoms with Crippen molar-refractivity contribution in [3.05, 3.63) is 32.9 Å². The molecular formula is C10H6BrClN2O3. The van der Waals surface area contributed by atoms with Crippen LogP contribution in [0.25, 0.3) is 6.08 Å². The normalized spacial score (nSPS) is 17.2. The lowest BCUT2D eigenvalue weighted by Crippen LogP contribution is -2.22. The molecule has 5 nitrogen and oxygen atoms in total. The molecule has 0 bridgehead atoms. The predicted molar refractivity (Wildman–Crippen MR) is 65.5 cm³/mol. The molecule has 0 aliphatic carbocycles. The van der Waals surface area contributed by atoms with Crippen molar-refractivity contribution in [3.8, 4) is 5.75 Å². The van der Waals surface area contributed by atoms with Crippen LogP contribution in [0.4, 0.5) is 4.79 Å². The first-order chi connectivity index (χ1) is 7.97. The summed E-state index contributed by atoms with van der Waals surface area (Å²) in [7, 11) is 0. The summed E-state index contributed by atoms with van der Waals surface area (Å²) >= 11 is 8.94. The molecule has 7 heteroatoms. The van der Waals surface area contributed by atoms with Crippen LogP contribution < -0.4 is 10.6 Å². The lowest BCUT2D eigenvalue weighted by molar-refractivity contribution is -0.115. The number of urea groups is 1. The Morgan fingerprint density at radius 3 is 2.59 bits per heavy atom. The van der Waals surface area contributed by atoms with E-state index in [4.69, 9.17) is 11.6 Å². The van der Waals surface area contributed by atoms with Gasteiger partial charge in [-0.15, -0.1) is 0 Å². The number of amides is 3. The SMILES string of the molecule is O=C1NC(=O)C(=Cc2cc(Cl)cc(Br)c2O)N1. The molecule has 1 saturated heterocycles. The molecule has 1 heterocycles. The Balaban J connectivity index is 2.46. The van der Waals surface area contributed by atoms with Crippen LogP contribution >= 0.6 is 27.5 Å². The fourth-order valence-electron chi connectivity index (χ4n) is 1.33. The molecule has 3 N–H and O–H groups in total. The second-order valence-electron chi connectivity index (χ2n) is 3.29. The Morgan fingerprint density at radius 1 is 1.29 bits per heavy atom. The Labute approximate surface area is 110 Å². The van der Waals surface area contributed by atoms with Crippen molar-refractivity contribution in [2.75, 3.05) is 0 Å². The van der Waals surface area contributed by atoms with Crippen LogP contribution in [0, 0.1) is 0 Å². The molecule has 3 amide bonds. The van der Waals surface area contributed by atoms with Gasteiger partial charge in [0.25, 0.3) is 5.91 Å². The van der Waals surface area contributed by atoms with Crippen molar-refractivity contribution >= 4 is 45.5 Å². The van der Waals surface area contributed by atoms with Gasteiger partial charge in [-0.25, -0.2) is 4.79 Å². The molecule has 0 unspecified atom stereocenters. The number of carbonyl (C=O) groups excluding carboxylic acids is 2. The molecular weight excluding hydrogens is 311 g/mol. The Bertz CT molecular complexity index is 557. The van der Waals surface area contributed by atoms with Crippen LogP contribution in [0.3, 0.4) is 0 Å². The maximum atomic E-state index is 11.3. The maximum Gasteiger partial charge on any atom is 0.326 e. The summed E-state index contributed by atoms with van der Waals surface area (Å²) in [6.45, 7) is 0. The first kappa shape index (κ1) is 11.9. The number of halogens is 2.